The summed E-state index contributed by atoms with van der Waals surface area (Å²) in [6.07, 6.45) is 0. The molecule has 0 aromatic heterocycles. The largest absolute Gasteiger partial charge is 0.496 e. The molecule has 0 atom stereocenters. The highest BCUT2D eigenvalue weighted by Gasteiger charge is 2.25. The fourth-order valence-electron chi connectivity index (χ4n) is 3.24. The van der Waals surface area contributed by atoms with Gasteiger partial charge >= 0.3 is 0 Å². The molecule has 0 spiro atoms. The first kappa shape index (κ1) is 19.5. The molecule has 1 saturated heterocycles. The summed E-state index contributed by atoms with van der Waals surface area (Å²) in [5.74, 6) is 0.792. The average Bonchev–Trinajstić information content (AvgIpc) is 2.68. The van der Waals surface area contributed by atoms with Gasteiger partial charge in [-0.2, -0.15) is 0 Å². The summed E-state index contributed by atoms with van der Waals surface area (Å²) in [5, 5.41) is 0.496. The van der Waals surface area contributed by atoms with E-state index in [9.17, 15) is 9.18 Å². The number of rotatable bonds is 5. The lowest BCUT2D eigenvalue weighted by Crippen LogP contribution is -2.48. The summed E-state index contributed by atoms with van der Waals surface area (Å²) in [6.45, 7) is 3.10. The molecule has 3 rings (SSSR count). The molecule has 0 aliphatic carbocycles. The molecule has 0 saturated carbocycles. The van der Waals surface area contributed by atoms with Crippen LogP contribution < -0.4 is 9.47 Å². The van der Waals surface area contributed by atoms with E-state index in [1.807, 2.05) is 0 Å². The number of carbonyl (C=O) groups excluding carboxylic acids is 1. The Morgan fingerprint density at radius 1 is 1.04 bits per heavy atom. The van der Waals surface area contributed by atoms with Gasteiger partial charge in [0, 0.05) is 43.3 Å². The number of methoxy groups -OCH3 is 2. The summed E-state index contributed by atoms with van der Waals surface area (Å²) in [7, 11) is 3.11. The van der Waals surface area contributed by atoms with E-state index >= 15 is 0 Å². The Labute approximate surface area is 163 Å². The van der Waals surface area contributed by atoms with Gasteiger partial charge in [0.25, 0.3) is 5.91 Å². The second-order valence-electron chi connectivity index (χ2n) is 6.37. The van der Waals surface area contributed by atoms with Crippen molar-refractivity contribution in [3.63, 3.8) is 0 Å². The van der Waals surface area contributed by atoms with Crippen LogP contribution >= 0.6 is 11.6 Å². The Hall–Kier alpha value is -2.31. The van der Waals surface area contributed by atoms with Gasteiger partial charge in [-0.3, -0.25) is 9.69 Å². The highest BCUT2D eigenvalue weighted by atomic mass is 35.5. The van der Waals surface area contributed by atoms with Crippen LogP contribution in [0.5, 0.6) is 11.5 Å². The maximum Gasteiger partial charge on any atom is 0.257 e. The molecule has 1 amide bonds. The minimum absolute atomic E-state index is 0.0997. The van der Waals surface area contributed by atoms with Gasteiger partial charge in [0.05, 0.1) is 19.8 Å². The zero-order chi connectivity index (χ0) is 19.4. The minimum atomic E-state index is -0.285. The second kappa shape index (κ2) is 8.59. The highest BCUT2D eigenvalue weighted by molar-refractivity contribution is 6.31. The summed E-state index contributed by atoms with van der Waals surface area (Å²) >= 11 is 6.03. The van der Waals surface area contributed by atoms with Gasteiger partial charge in [0.15, 0.2) is 0 Å². The van der Waals surface area contributed by atoms with Crippen molar-refractivity contribution in [1.29, 1.82) is 0 Å². The second-order valence-corrected chi connectivity index (χ2v) is 6.81. The summed E-state index contributed by atoms with van der Waals surface area (Å²) < 4.78 is 24.1. The molecule has 144 valence electrons. The third-order valence-electron chi connectivity index (χ3n) is 4.69. The van der Waals surface area contributed by atoms with Gasteiger partial charge in [-0.25, -0.2) is 4.39 Å². The van der Waals surface area contributed by atoms with E-state index < -0.39 is 0 Å². The molecule has 2 aromatic carbocycles. The van der Waals surface area contributed by atoms with Crippen molar-refractivity contribution in [2.24, 2.45) is 0 Å². The third kappa shape index (κ3) is 4.51. The molecular formula is C20H22ClFN2O3. The highest BCUT2D eigenvalue weighted by Crippen LogP contribution is 2.25. The van der Waals surface area contributed by atoms with Crippen LogP contribution in [-0.4, -0.2) is 56.1 Å². The SMILES string of the molecule is COc1ccc(F)cc1CN1CCN(C(=O)c2cc(Cl)ccc2OC)CC1. The van der Waals surface area contributed by atoms with Crippen molar-refractivity contribution >= 4 is 17.5 Å². The number of hydrogen-bond acceptors (Lipinski definition) is 4. The quantitative estimate of drug-likeness (QED) is 0.781. The van der Waals surface area contributed by atoms with Crippen LogP contribution in [-0.2, 0) is 6.54 Å². The Morgan fingerprint density at radius 3 is 2.37 bits per heavy atom. The maximum absolute atomic E-state index is 13.5. The number of ether oxygens (including phenoxy) is 2. The fraction of sp³-hybridized carbons (Fsp3) is 0.350. The molecule has 2 aromatic rings. The first-order valence-electron chi connectivity index (χ1n) is 8.69. The van der Waals surface area contributed by atoms with Gasteiger partial charge in [-0.1, -0.05) is 11.6 Å². The van der Waals surface area contributed by atoms with Crippen molar-refractivity contribution in [2.45, 2.75) is 6.54 Å². The molecule has 0 bridgehead atoms. The number of halogens is 2. The van der Waals surface area contributed by atoms with Gasteiger partial charge in [0.2, 0.25) is 0 Å². The van der Waals surface area contributed by atoms with E-state index in [2.05, 4.69) is 4.90 Å². The predicted molar refractivity (Wildman–Crippen MR) is 102 cm³/mol. The molecule has 0 unspecified atom stereocenters. The molecule has 5 nitrogen and oxygen atoms in total. The lowest BCUT2D eigenvalue weighted by molar-refractivity contribution is 0.0624. The van der Waals surface area contributed by atoms with Crippen molar-refractivity contribution in [1.82, 2.24) is 9.80 Å². The first-order valence-corrected chi connectivity index (χ1v) is 9.07. The minimum Gasteiger partial charge on any atom is -0.496 e. The third-order valence-corrected chi connectivity index (χ3v) is 4.92. The smallest absolute Gasteiger partial charge is 0.257 e. The number of benzene rings is 2. The van der Waals surface area contributed by atoms with E-state index in [1.54, 1.807) is 36.3 Å². The molecule has 1 fully saturated rings. The topological polar surface area (TPSA) is 42.0 Å². The zero-order valence-corrected chi connectivity index (χ0v) is 16.1. The predicted octanol–water partition coefficient (Wildman–Crippen LogP) is 3.45. The lowest BCUT2D eigenvalue weighted by atomic mass is 10.1. The normalized spacial score (nSPS) is 14.9. The zero-order valence-electron chi connectivity index (χ0n) is 15.4. The number of piperazine rings is 1. The molecular weight excluding hydrogens is 371 g/mol. The Morgan fingerprint density at radius 2 is 1.70 bits per heavy atom. The number of carbonyl (C=O) groups is 1. The van der Waals surface area contributed by atoms with Gasteiger partial charge in [-0.05, 0) is 36.4 Å². The Balaban J connectivity index is 1.65. The van der Waals surface area contributed by atoms with Gasteiger partial charge in [0.1, 0.15) is 17.3 Å². The average molecular weight is 393 g/mol. The van der Waals surface area contributed by atoms with Crippen molar-refractivity contribution in [2.75, 3.05) is 40.4 Å². The molecule has 1 aliphatic heterocycles. The van der Waals surface area contributed by atoms with Crippen molar-refractivity contribution in [3.05, 3.63) is 58.4 Å². The van der Waals surface area contributed by atoms with Crippen LogP contribution in [0.3, 0.4) is 0 Å². The van der Waals surface area contributed by atoms with E-state index in [0.717, 1.165) is 5.56 Å². The Bertz CT molecular complexity index is 823. The molecule has 0 N–H and O–H groups in total. The van der Waals surface area contributed by atoms with E-state index in [-0.39, 0.29) is 11.7 Å². The van der Waals surface area contributed by atoms with Crippen LogP contribution in [0.25, 0.3) is 0 Å². The van der Waals surface area contributed by atoms with Gasteiger partial charge in [-0.15, -0.1) is 0 Å². The molecule has 1 heterocycles. The van der Waals surface area contributed by atoms with Crippen LogP contribution in [0, 0.1) is 5.82 Å². The van der Waals surface area contributed by atoms with Crippen molar-refractivity contribution in [3.8, 4) is 11.5 Å². The monoisotopic (exact) mass is 392 g/mol. The summed E-state index contributed by atoms with van der Waals surface area (Å²) in [4.78, 5) is 16.8. The summed E-state index contributed by atoms with van der Waals surface area (Å²) in [5.41, 5.74) is 1.26. The van der Waals surface area contributed by atoms with Crippen LogP contribution in [0.1, 0.15) is 15.9 Å². The Kier molecular flexibility index (Phi) is 6.19. The van der Waals surface area contributed by atoms with Crippen LogP contribution in [0.4, 0.5) is 4.39 Å². The fourth-order valence-corrected chi connectivity index (χ4v) is 3.41. The van der Waals surface area contributed by atoms with Gasteiger partial charge < -0.3 is 14.4 Å². The van der Waals surface area contributed by atoms with E-state index in [0.29, 0.717) is 54.8 Å². The first-order chi connectivity index (χ1) is 13.0. The lowest BCUT2D eigenvalue weighted by Gasteiger charge is -2.35. The molecule has 27 heavy (non-hydrogen) atoms. The maximum atomic E-state index is 13.5. The molecule has 0 radical (unpaired) electrons. The van der Waals surface area contributed by atoms with E-state index in [1.165, 1.54) is 19.2 Å². The number of amides is 1. The van der Waals surface area contributed by atoms with Crippen molar-refractivity contribution < 1.29 is 18.7 Å². The van der Waals surface area contributed by atoms with E-state index in [4.69, 9.17) is 21.1 Å². The molecule has 7 heteroatoms. The summed E-state index contributed by atoms with van der Waals surface area (Å²) in [6, 6.07) is 9.54. The van der Waals surface area contributed by atoms with Crippen LogP contribution in [0.2, 0.25) is 5.02 Å². The van der Waals surface area contributed by atoms with Crippen LogP contribution in [0.15, 0.2) is 36.4 Å². The molecule has 1 aliphatic rings. The number of hydrogen-bond donors (Lipinski definition) is 0. The number of nitrogens with zero attached hydrogens (tertiary/aromatic N) is 2. The standard InChI is InChI=1S/C20H22ClFN2O3/c1-26-18-6-4-16(22)11-14(18)13-23-7-9-24(10-8-23)20(25)17-12-15(21)3-5-19(17)27-2/h3-6,11-12H,7-10,13H2,1-2H3.